The van der Waals surface area contributed by atoms with Gasteiger partial charge in [-0.1, -0.05) is 37.0 Å². The molecule has 1 aliphatic carbocycles. The highest BCUT2D eigenvalue weighted by molar-refractivity contribution is 7.89. The van der Waals surface area contributed by atoms with Crippen molar-refractivity contribution >= 4 is 10.0 Å². The Morgan fingerprint density at radius 1 is 1.12 bits per heavy atom. The third-order valence-corrected chi connectivity index (χ3v) is 8.57. The lowest BCUT2D eigenvalue weighted by Gasteiger charge is -2.37. The molecule has 1 saturated carbocycles. The SMILES string of the molecule is C[C@H]1CN([C@@H](C)CO)S(=O)(=O)c2ccc(C#Cc3ccccc3)cc2O[C@H]1CN(C)CC1CC1. The van der Waals surface area contributed by atoms with Gasteiger partial charge in [-0.25, -0.2) is 8.42 Å². The topological polar surface area (TPSA) is 70.1 Å². The van der Waals surface area contributed by atoms with Crippen molar-refractivity contribution in [3.63, 3.8) is 0 Å². The van der Waals surface area contributed by atoms with Crippen LogP contribution in [0.15, 0.2) is 53.4 Å². The summed E-state index contributed by atoms with van der Waals surface area (Å²) in [5.74, 6) is 7.28. The molecule has 182 valence electrons. The highest BCUT2D eigenvalue weighted by Crippen LogP contribution is 2.35. The maximum atomic E-state index is 13.6. The van der Waals surface area contributed by atoms with Gasteiger partial charge in [0.05, 0.1) is 6.61 Å². The van der Waals surface area contributed by atoms with Gasteiger partial charge in [-0.3, -0.25) is 0 Å². The van der Waals surface area contributed by atoms with E-state index in [1.165, 1.54) is 17.1 Å². The van der Waals surface area contributed by atoms with E-state index in [4.69, 9.17) is 4.74 Å². The van der Waals surface area contributed by atoms with Crippen molar-refractivity contribution in [1.29, 1.82) is 0 Å². The zero-order valence-corrected chi connectivity index (χ0v) is 21.0. The van der Waals surface area contributed by atoms with Crippen molar-refractivity contribution in [3.05, 3.63) is 59.7 Å². The standard InChI is InChI=1S/C27H34N2O4S/c1-20-16-29(21(2)19-30)34(31,32)27-14-13-23(10-9-22-7-5-4-6-8-22)15-25(27)33-26(20)18-28(3)17-24-11-12-24/h4-8,13-15,20-21,24,26,30H,11-12,16-19H2,1-3H3/t20-,21-,26-/m0/s1. The molecule has 0 spiro atoms. The Bertz CT molecular complexity index is 1150. The molecule has 4 rings (SSSR count). The van der Waals surface area contributed by atoms with Gasteiger partial charge in [0.15, 0.2) is 0 Å². The molecule has 1 N–H and O–H groups in total. The van der Waals surface area contributed by atoms with Crippen LogP contribution in [-0.2, 0) is 10.0 Å². The Morgan fingerprint density at radius 2 is 1.82 bits per heavy atom. The van der Waals surface area contributed by atoms with Gasteiger partial charge in [0.2, 0.25) is 10.0 Å². The Kier molecular flexibility index (Phi) is 7.63. The van der Waals surface area contributed by atoms with Crippen LogP contribution in [0.5, 0.6) is 5.75 Å². The summed E-state index contributed by atoms with van der Waals surface area (Å²) in [7, 11) is -1.75. The number of fused-ring (bicyclic) bond motifs is 1. The molecule has 34 heavy (non-hydrogen) atoms. The van der Waals surface area contributed by atoms with E-state index in [-0.39, 0.29) is 23.5 Å². The Labute approximate surface area is 203 Å². The van der Waals surface area contributed by atoms with Gasteiger partial charge in [-0.05, 0) is 63.1 Å². The van der Waals surface area contributed by atoms with Crippen LogP contribution in [0.3, 0.4) is 0 Å². The molecule has 1 aliphatic heterocycles. The molecule has 0 amide bonds. The third-order valence-electron chi connectivity index (χ3n) is 6.55. The van der Waals surface area contributed by atoms with Crippen LogP contribution < -0.4 is 4.74 Å². The Balaban J connectivity index is 1.71. The number of benzene rings is 2. The van der Waals surface area contributed by atoms with Crippen molar-refractivity contribution in [2.75, 3.05) is 33.3 Å². The fourth-order valence-corrected chi connectivity index (χ4v) is 6.14. The van der Waals surface area contributed by atoms with Crippen LogP contribution >= 0.6 is 0 Å². The van der Waals surface area contributed by atoms with E-state index in [1.54, 1.807) is 25.1 Å². The van der Waals surface area contributed by atoms with Crippen LogP contribution in [0.2, 0.25) is 0 Å². The molecule has 3 atom stereocenters. The molecule has 7 heteroatoms. The minimum Gasteiger partial charge on any atom is -0.487 e. The Hall–Kier alpha value is -2.37. The Morgan fingerprint density at radius 3 is 2.50 bits per heavy atom. The number of ether oxygens (including phenoxy) is 1. The number of rotatable bonds is 6. The first-order chi connectivity index (χ1) is 16.3. The summed E-state index contributed by atoms with van der Waals surface area (Å²) in [5.41, 5.74) is 1.58. The summed E-state index contributed by atoms with van der Waals surface area (Å²) in [4.78, 5) is 2.41. The van der Waals surface area contributed by atoms with Gasteiger partial charge in [-0.15, -0.1) is 0 Å². The van der Waals surface area contributed by atoms with Gasteiger partial charge in [0.25, 0.3) is 0 Å². The van der Waals surface area contributed by atoms with Crippen LogP contribution in [0.25, 0.3) is 0 Å². The van der Waals surface area contributed by atoms with Crippen LogP contribution in [0.1, 0.15) is 37.8 Å². The molecule has 0 aromatic heterocycles. The van der Waals surface area contributed by atoms with Crippen LogP contribution in [0.4, 0.5) is 0 Å². The number of aliphatic hydroxyl groups is 1. The van der Waals surface area contributed by atoms with Gasteiger partial charge in [0.1, 0.15) is 16.7 Å². The van der Waals surface area contributed by atoms with Crippen LogP contribution in [-0.4, -0.2) is 68.2 Å². The van der Waals surface area contributed by atoms with Crippen molar-refractivity contribution in [2.24, 2.45) is 11.8 Å². The monoisotopic (exact) mass is 482 g/mol. The minimum atomic E-state index is -3.85. The van der Waals surface area contributed by atoms with Crippen molar-refractivity contribution in [2.45, 2.75) is 43.7 Å². The second kappa shape index (κ2) is 10.5. The number of hydrogen-bond donors (Lipinski definition) is 1. The van der Waals surface area contributed by atoms with Crippen molar-refractivity contribution in [3.8, 4) is 17.6 Å². The third kappa shape index (κ3) is 5.81. The molecule has 1 fully saturated rings. The molecule has 1 heterocycles. The molecular formula is C27H34N2O4S. The van der Waals surface area contributed by atoms with E-state index in [0.29, 0.717) is 24.4 Å². The largest absolute Gasteiger partial charge is 0.487 e. The summed E-state index contributed by atoms with van der Waals surface area (Å²) in [6, 6.07) is 14.2. The molecule has 2 aromatic carbocycles. The highest BCUT2D eigenvalue weighted by Gasteiger charge is 2.38. The number of aliphatic hydroxyl groups excluding tert-OH is 1. The zero-order chi connectivity index (χ0) is 24.3. The second-order valence-electron chi connectivity index (χ2n) is 9.68. The summed E-state index contributed by atoms with van der Waals surface area (Å²) in [5, 5.41) is 9.79. The quantitative estimate of drug-likeness (QED) is 0.641. The number of nitrogens with zero attached hydrogens (tertiary/aromatic N) is 2. The lowest BCUT2D eigenvalue weighted by atomic mass is 10.0. The van der Waals surface area contributed by atoms with E-state index < -0.39 is 16.1 Å². The zero-order valence-electron chi connectivity index (χ0n) is 20.1. The summed E-state index contributed by atoms with van der Waals surface area (Å²) < 4.78 is 35.0. The van der Waals surface area contributed by atoms with Gasteiger partial charge < -0.3 is 14.7 Å². The molecular weight excluding hydrogens is 448 g/mol. The number of hydrogen-bond acceptors (Lipinski definition) is 5. The molecule has 0 unspecified atom stereocenters. The van der Waals surface area contributed by atoms with E-state index in [0.717, 1.165) is 18.0 Å². The van der Waals surface area contributed by atoms with E-state index in [1.807, 2.05) is 37.3 Å². The fourth-order valence-electron chi connectivity index (χ4n) is 4.31. The minimum absolute atomic E-state index is 0.0577. The van der Waals surface area contributed by atoms with E-state index in [9.17, 15) is 13.5 Å². The predicted molar refractivity (Wildman–Crippen MR) is 133 cm³/mol. The smallest absolute Gasteiger partial charge is 0.247 e. The lowest BCUT2D eigenvalue weighted by molar-refractivity contribution is 0.0740. The first-order valence-electron chi connectivity index (χ1n) is 12.0. The summed E-state index contributed by atoms with van der Waals surface area (Å²) in [6.07, 6.45) is 2.36. The maximum absolute atomic E-state index is 13.6. The van der Waals surface area contributed by atoms with Gasteiger partial charge in [-0.2, -0.15) is 4.31 Å². The molecule has 2 aromatic rings. The fraction of sp³-hybridized carbons (Fsp3) is 0.481. The molecule has 0 saturated heterocycles. The van der Waals surface area contributed by atoms with Crippen molar-refractivity contribution in [1.82, 2.24) is 9.21 Å². The average Bonchev–Trinajstić information content (AvgIpc) is 3.64. The van der Waals surface area contributed by atoms with Crippen molar-refractivity contribution < 1.29 is 18.3 Å². The summed E-state index contributed by atoms with van der Waals surface area (Å²) in [6.45, 7) is 5.54. The average molecular weight is 483 g/mol. The molecule has 0 radical (unpaired) electrons. The molecule has 0 bridgehead atoms. The van der Waals surface area contributed by atoms with Gasteiger partial charge in [0, 0.05) is 42.7 Å². The summed E-state index contributed by atoms with van der Waals surface area (Å²) >= 11 is 0. The number of likely N-dealkylation sites (N-methyl/N-ethyl adjacent to an activating group) is 1. The van der Waals surface area contributed by atoms with Gasteiger partial charge >= 0.3 is 0 Å². The van der Waals surface area contributed by atoms with E-state index in [2.05, 4.69) is 23.8 Å². The molecule has 6 nitrogen and oxygen atoms in total. The molecule has 2 aliphatic rings. The van der Waals surface area contributed by atoms with Crippen LogP contribution in [0, 0.1) is 23.7 Å². The predicted octanol–water partition coefficient (Wildman–Crippen LogP) is 3.20. The number of sulfonamides is 1. The highest BCUT2D eigenvalue weighted by atomic mass is 32.2. The first-order valence-corrected chi connectivity index (χ1v) is 13.4. The lowest BCUT2D eigenvalue weighted by Crippen LogP contribution is -2.49. The first kappa shape index (κ1) is 24.7. The second-order valence-corrected chi connectivity index (χ2v) is 11.5. The maximum Gasteiger partial charge on any atom is 0.247 e. The van der Waals surface area contributed by atoms with E-state index >= 15 is 0 Å². The normalized spacial score (nSPS) is 23.1.